The summed E-state index contributed by atoms with van der Waals surface area (Å²) in [5.41, 5.74) is 1.23. The molecule has 1 saturated heterocycles. The maximum Gasteiger partial charge on any atom is 0.276 e. The molecular weight excluding hydrogens is 420 g/mol. The van der Waals surface area contributed by atoms with E-state index in [-0.39, 0.29) is 17.7 Å². The topological polar surface area (TPSA) is 93.0 Å². The molecule has 3 aromatic rings. The number of piperidine rings is 1. The molecule has 30 heavy (non-hydrogen) atoms. The highest BCUT2D eigenvalue weighted by Crippen LogP contribution is 2.32. The summed E-state index contributed by atoms with van der Waals surface area (Å²) in [4.78, 5) is 36.9. The molecule has 8 nitrogen and oxygen atoms in total. The van der Waals surface area contributed by atoms with E-state index in [1.807, 2.05) is 25.7 Å². The third-order valence-corrected chi connectivity index (χ3v) is 7.31. The van der Waals surface area contributed by atoms with Crippen LogP contribution in [0.2, 0.25) is 0 Å². The Morgan fingerprint density at radius 1 is 1.23 bits per heavy atom. The number of carbonyl (C=O) groups is 2. The molecule has 0 unspecified atom stereocenters. The fraction of sp³-hybridized carbons (Fsp3) is 0.450. The minimum atomic E-state index is -0.226. The van der Waals surface area contributed by atoms with Crippen molar-refractivity contribution >= 4 is 40.3 Å². The predicted molar refractivity (Wildman–Crippen MR) is 117 cm³/mol. The second-order valence-corrected chi connectivity index (χ2v) is 9.36. The van der Waals surface area contributed by atoms with Crippen LogP contribution in [0.1, 0.15) is 61.6 Å². The van der Waals surface area contributed by atoms with Gasteiger partial charge in [0.1, 0.15) is 16.4 Å². The van der Waals surface area contributed by atoms with E-state index in [1.165, 1.54) is 22.7 Å². The molecule has 4 rings (SSSR count). The van der Waals surface area contributed by atoms with Gasteiger partial charge in [-0.1, -0.05) is 0 Å². The Hall–Kier alpha value is -2.59. The molecule has 1 aliphatic heterocycles. The first kappa shape index (κ1) is 20.7. The molecule has 4 heterocycles. The first-order valence-electron chi connectivity index (χ1n) is 9.98. The number of likely N-dealkylation sites (tertiary alicyclic amines) is 1. The first-order chi connectivity index (χ1) is 14.5. The minimum absolute atomic E-state index is 0.0725. The highest BCUT2D eigenvalue weighted by Gasteiger charge is 2.28. The zero-order valence-corrected chi connectivity index (χ0v) is 18.8. The van der Waals surface area contributed by atoms with Crippen LogP contribution in [0.4, 0.5) is 5.82 Å². The first-order valence-corrected chi connectivity index (χ1v) is 11.7. The molecule has 1 N–H and O–H groups in total. The molecule has 0 radical (unpaired) electrons. The molecule has 10 heteroatoms. The number of carbonyl (C=O) groups excluding carboxylic acids is 2. The summed E-state index contributed by atoms with van der Waals surface area (Å²) in [6.07, 6.45) is 3.36. The molecule has 0 aliphatic carbocycles. The fourth-order valence-electron chi connectivity index (χ4n) is 3.65. The number of rotatable bonds is 5. The lowest BCUT2D eigenvalue weighted by Crippen LogP contribution is -2.37. The summed E-state index contributed by atoms with van der Waals surface area (Å²) in [5, 5.41) is 10.7. The molecule has 158 valence electrons. The zero-order valence-electron chi connectivity index (χ0n) is 17.2. The molecule has 0 bridgehead atoms. The number of amides is 2. The van der Waals surface area contributed by atoms with Gasteiger partial charge in [0, 0.05) is 37.0 Å². The Morgan fingerprint density at radius 2 is 2.00 bits per heavy atom. The van der Waals surface area contributed by atoms with Crippen LogP contribution in [-0.2, 0) is 6.54 Å². The van der Waals surface area contributed by atoms with Crippen molar-refractivity contribution in [2.75, 3.05) is 18.4 Å². The summed E-state index contributed by atoms with van der Waals surface area (Å²) in [7, 11) is 0. The van der Waals surface area contributed by atoms with Crippen molar-refractivity contribution in [3.63, 3.8) is 0 Å². The van der Waals surface area contributed by atoms with Crippen LogP contribution >= 0.6 is 22.7 Å². The number of aryl methyl sites for hydroxylation is 3. The van der Waals surface area contributed by atoms with Crippen LogP contribution in [0.5, 0.6) is 0 Å². The van der Waals surface area contributed by atoms with Gasteiger partial charge in [0.25, 0.3) is 11.8 Å². The molecule has 1 aliphatic rings. The summed E-state index contributed by atoms with van der Waals surface area (Å²) < 4.78 is 1.73. The van der Waals surface area contributed by atoms with E-state index in [2.05, 4.69) is 20.4 Å². The summed E-state index contributed by atoms with van der Waals surface area (Å²) >= 11 is 2.97. The quantitative estimate of drug-likeness (QED) is 0.648. The van der Waals surface area contributed by atoms with Crippen molar-refractivity contribution in [1.29, 1.82) is 0 Å². The summed E-state index contributed by atoms with van der Waals surface area (Å²) in [6, 6.07) is 1.77. The number of hydrogen-bond acceptors (Lipinski definition) is 7. The van der Waals surface area contributed by atoms with Crippen LogP contribution in [0.15, 0.2) is 17.6 Å². The number of aromatic nitrogens is 4. The normalized spacial score (nSPS) is 14.8. The van der Waals surface area contributed by atoms with Crippen LogP contribution < -0.4 is 5.32 Å². The van der Waals surface area contributed by atoms with Gasteiger partial charge in [0.05, 0.1) is 21.9 Å². The van der Waals surface area contributed by atoms with Crippen molar-refractivity contribution in [1.82, 2.24) is 24.6 Å². The molecule has 3 aromatic heterocycles. The highest BCUT2D eigenvalue weighted by molar-refractivity contribution is 7.13. The lowest BCUT2D eigenvalue weighted by molar-refractivity contribution is 0.0717. The van der Waals surface area contributed by atoms with E-state index >= 15 is 0 Å². The Morgan fingerprint density at radius 3 is 2.67 bits per heavy atom. The number of nitrogens with zero attached hydrogens (tertiary/aromatic N) is 5. The molecule has 1 fully saturated rings. The average molecular weight is 445 g/mol. The van der Waals surface area contributed by atoms with E-state index in [1.54, 1.807) is 22.3 Å². The van der Waals surface area contributed by atoms with E-state index in [4.69, 9.17) is 0 Å². The molecule has 2 amide bonds. The van der Waals surface area contributed by atoms with Crippen LogP contribution in [0.25, 0.3) is 0 Å². The van der Waals surface area contributed by atoms with Gasteiger partial charge >= 0.3 is 0 Å². The van der Waals surface area contributed by atoms with E-state index in [0.29, 0.717) is 31.1 Å². The second-order valence-electron chi connectivity index (χ2n) is 7.27. The lowest BCUT2D eigenvalue weighted by Gasteiger charge is -2.30. The van der Waals surface area contributed by atoms with Gasteiger partial charge in [-0.15, -0.1) is 22.7 Å². The third kappa shape index (κ3) is 4.15. The molecule has 0 aromatic carbocycles. The van der Waals surface area contributed by atoms with Gasteiger partial charge in [-0.05, 0) is 33.6 Å². The summed E-state index contributed by atoms with van der Waals surface area (Å²) in [6.45, 7) is 7.85. The second kappa shape index (κ2) is 8.65. The summed E-state index contributed by atoms with van der Waals surface area (Å²) in [5.74, 6) is 0.781. The Labute approximate surface area is 183 Å². The van der Waals surface area contributed by atoms with E-state index in [9.17, 15) is 9.59 Å². The van der Waals surface area contributed by atoms with Crippen molar-refractivity contribution in [3.05, 3.63) is 43.9 Å². The Kier molecular flexibility index (Phi) is 5.96. The maximum atomic E-state index is 12.8. The van der Waals surface area contributed by atoms with Crippen LogP contribution in [0, 0.1) is 13.8 Å². The van der Waals surface area contributed by atoms with Crippen LogP contribution in [-0.4, -0.2) is 49.6 Å². The number of thiazole rings is 2. The fourth-order valence-corrected chi connectivity index (χ4v) is 5.51. The monoisotopic (exact) mass is 444 g/mol. The molecular formula is C20H24N6O2S2. The number of anilines is 1. The van der Waals surface area contributed by atoms with Gasteiger partial charge in [-0.3, -0.25) is 9.59 Å². The van der Waals surface area contributed by atoms with Gasteiger partial charge < -0.3 is 10.2 Å². The van der Waals surface area contributed by atoms with Crippen LogP contribution in [0.3, 0.4) is 0 Å². The Balaban J connectivity index is 1.36. The third-order valence-electron chi connectivity index (χ3n) is 5.24. The van der Waals surface area contributed by atoms with Crippen molar-refractivity contribution < 1.29 is 9.59 Å². The van der Waals surface area contributed by atoms with E-state index < -0.39 is 0 Å². The molecule has 0 spiro atoms. The maximum absolute atomic E-state index is 12.8. The van der Waals surface area contributed by atoms with E-state index in [0.717, 1.165) is 33.4 Å². The Bertz CT molecular complexity index is 1060. The number of hydrogen-bond donors (Lipinski definition) is 1. The largest absolute Gasteiger partial charge is 0.338 e. The standard InChI is InChI=1S/C20H24N6O2S2/c1-4-26-16(5-8-21-26)24-18(27)15-11-29-19(23-15)14-6-9-25(10-7-14)20(28)17-12(2)22-13(3)30-17/h5,8,11,14H,4,6-7,9-10H2,1-3H3,(H,24,27). The SMILES string of the molecule is CCn1nccc1NC(=O)c1csc(C2CCN(C(=O)c3sc(C)nc3C)CC2)n1. The smallest absolute Gasteiger partial charge is 0.276 e. The number of nitrogens with one attached hydrogen (secondary N) is 1. The highest BCUT2D eigenvalue weighted by atomic mass is 32.1. The molecule has 0 saturated carbocycles. The van der Waals surface area contributed by atoms with Crippen molar-refractivity contribution in [2.24, 2.45) is 0 Å². The lowest BCUT2D eigenvalue weighted by atomic mass is 9.97. The average Bonchev–Trinajstić information content (AvgIpc) is 3.47. The zero-order chi connectivity index (χ0) is 21.3. The predicted octanol–water partition coefficient (Wildman–Crippen LogP) is 3.70. The molecule has 0 atom stereocenters. The van der Waals surface area contributed by atoms with Crippen molar-refractivity contribution in [3.8, 4) is 0 Å². The van der Waals surface area contributed by atoms with Gasteiger partial charge in [-0.25, -0.2) is 14.6 Å². The van der Waals surface area contributed by atoms with Gasteiger partial charge in [0.2, 0.25) is 0 Å². The van der Waals surface area contributed by atoms with Gasteiger partial charge in [-0.2, -0.15) is 5.10 Å². The minimum Gasteiger partial charge on any atom is -0.338 e. The van der Waals surface area contributed by atoms with Crippen molar-refractivity contribution in [2.45, 2.75) is 46.1 Å². The van der Waals surface area contributed by atoms with Gasteiger partial charge in [0.15, 0.2) is 0 Å².